The van der Waals surface area contributed by atoms with E-state index in [0.717, 1.165) is 40.7 Å². The Balaban J connectivity index is 1.54. The monoisotopic (exact) mass is 445 g/mol. The molecule has 0 aliphatic carbocycles. The molecule has 8 heteroatoms. The fourth-order valence-corrected chi connectivity index (χ4v) is 4.78. The SMILES string of the molecule is Cn1cnc2c(Br)c(C#N)c(N3CCC4(CN(C(=O)OC(C)(C)C)C4)C3)cc21. The first kappa shape index (κ1) is 19.1. The second-order valence-electron chi connectivity index (χ2n) is 8.93. The average molecular weight is 446 g/mol. The molecular weight excluding hydrogens is 422 g/mol. The number of rotatable bonds is 1. The van der Waals surface area contributed by atoms with Gasteiger partial charge in [-0.05, 0) is 49.2 Å². The van der Waals surface area contributed by atoms with Crippen molar-refractivity contribution in [2.45, 2.75) is 32.8 Å². The molecular formula is C20H24BrN5O2. The van der Waals surface area contributed by atoms with Crippen molar-refractivity contribution in [2.75, 3.05) is 31.1 Å². The van der Waals surface area contributed by atoms with Gasteiger partial charge in [-0.25, -0.2) is 9.78 Å². The molecule has 2 aliphatic heterocycles. The minimum absolute atomic E-state index is 0.0809. The molecule has 0 atom stereocenters. The summed E-state index contributed by atoms with van der Waals surface area (Å²) in [6, 6.07) is 4.39. The number of likely N-dealkylation sites (tertiary alicyclic amines) is 1. The maximum absolute atomic E-state index is 12.3. The number of nitrogens with zero attached hydrogens (tertiary/aromatic N) is 5. The van der Waals surface area contributed by atoms with Crippen molar-refractivity contribution in [3.8, 4) is 6.07 Å². The summed E-state index contributed by atoms with van der Waals surface area (Å²) >= 11 is 3.57. The minimum Gasteiger partial charge on any atom is -0.444 e. The van der Waals surface area contributed by atoms with Crippen LogP contribution in [0.1, 0.15) is 32.8 Å². The first-order valence-corrected chi connectivity index (χ1v) is 10.2. The van der Waals surface area contributed by atoms with Gasteiger partial charge in [0.05, 0.1) is 27.6 Å². The molecule has 4 rings (SSSR count). The maximum Gasteiger partial charge on any atom is 0.410 e. The average Bonchev–Trinajstić information content (AvgIpc) is 3.16. The zero-order chi connectivity index (χ0) is 20.3. The van der Waals surface area contributed by atoms with Crippen molar-refractivity contribution in [3.05, 3.63) is 22.4 Å². The van der Waals surface area contributed by atoms with E-state index in [1.807, 2.05) is 32.4 Å². The third kappa shape index (κ3) is 3.12. The summed E-state index contributed by atoms with van der Waals surface area (Å²) in [6.07, 6.45) is 2.52. The Hall–Kier alpha value is -2.27. The summed E-state index contributed by atoms with van der Waals surface area (Å²) in [7, 11) is 1.95. The summed E-state index contributed by atoms with van der Waals surface area (Å²) in [5.41, 5.74) is 2.94. The van der Waals surface area contributed by atoms with Gasteiger partial charge in [0.1, 0.15) is 17.2 Å². The normalized spacial score (nSPS) is 18.4. The maximum atomic E-state index is 12.3. The number of benzene rings is 1. The molecule has 2 aromatic rings. The highest BCUT2D eigenvalue weighted by molar-refractivity contribution is 9.10. The number of anilines is 1. The first-order chi connectivity index (χ1) is 13.1. The van der Waals surface area contributed by atoms with Crippen molar-refractivity contribution in [1.82, 2.24) is 14.5 Å². The fourth-order valence-electron chi connectivity index (χ4n) is 4.19. The number of ether oxygens (including phenoxy) is 1. The van der Waals surface area contributed by atoms with E-state index in [0.29, 0.717) is 18.7 Å². The van der Waals surface area contributed by atoms with Crippen molar-refractivity contribution in [3.63, 3.8) is 0 Å². The van der Waals surface area contributed by atoms with Crippen LogP contribution in [-0.4, -0.2) is 52.3 Å². The van der Waals surface area contributed by atoms with E-state index in [4.69, 9.17) is 4.74 Å². The molecule has 3 heterocycles. The smallest absolute Gasteiger partial charge is 0.410 e. The second-order valence-corrected chi connectivity index (χ2v) is 9.72. The number of nitriles is 1. The van der Waals surface area contributed by atoms with Crippen LogP contribution in [0.3, 0.4) is 0 Å². The number of imidazole rings is 1. The van der Waals surface area contributed by atoms with Gasteiger partial charge in [-0.15, -0.1) is 0 Å². The quantitative estimate of drug-likeness (QED) is 0.669. The van der Waals surface area contributed by atoms with Gasteiger partial charge in [-0.1, -0.05) is 0 Å². The largest absolute Gasteiger partial charge is 0.444 e. The Kier molecular flexibility index (Phi) is 4.34. The van der Waals surface area contributed by atoms with Crippen LogP contribution in [0.15, 0.2) is 16.9 Å². The topological polar surface area (TPSA) is 74.4 Å². The number of hydrogen-bond donors (Lipinski definition) is 0. The zero-order valence-electron chi connectivity index (χ0n) is 16.6. The molecule has 2 aliphatic rings. The molecule has 148 valence electrons. The predicted octanol–water partition coefficient (Wildman–Crippen LogP) is 3.65. The van der Waals surface area contributed by atoms with Gasteiger partial charge in [0.2, 0.25) is 0 Å². The lowest BCUT2D eigenvalue weighted by Crippen LogP contribution is -2.60. The van der Waals surface area contributed by atoms with Crippen LogP contribution < -0.4 is 4.90 Å². The molecule has 2 fully saturated rings. The van der Waals surface area contributed by atoms with E-state index in [1.54, 1.807) is 11.2 Å². The number of carbonyl (C=O) groups excluding carboxylic acids is 1. The lowest BCUT2D eigenvalue weighted by Gasteiger charge is -2.47. The van der Waals surface area contributed by atoms with Gasteiger partial charge < -0.3 is 19.1 Å². The molecule has 1 amide bonds. The van der Waals surface area contributed by atoms with Crippen molar-refractivity contribution < 1.29 is 9.53 Å². The first-order valence-electron chi connectivity index (χ1n) is 9.39. The van der Waals surface area contributed by atoms with E-state index < -0.39 is 5.60 Å². The van der Waals surface area contributed by atoms with Crippen LogP contribution in [0.5, 0.6) is 0 Å². The number of aryl methyl sites for hydroxylation is 1. The van der Waals surface area contributed by atoms with Crippen molar-refractivity contribution in [1.29, 1.82) is 5.26 Å². The molecule has 28 heavy (non-hydrogen) atoms. The van der Waals surface area contributed by atoms with Crippen LogP contribution in [0.4, 0.5) is 10.5 Å². The Morgan fingerprint density at radius 1 is 1.36 bits per heavy atom. The number of aromatic nitrogens is 2. The second kappa shape index (κ2) is 6.38. The number of hydrogen-bond acceptors (Lipinski definition) is 5. The van der Waals surface area contributed by atoms with E-state index >= 15 is 0 Å². The Morgan fingerprint density at radius 2 is 2.07 bits per heavy atom. The summed E-state index contributed by atoms with van der Waals surface area (Å²) in [5.74, 6) is 0. The van der Waals surface area contributed by atoms with Gasteiger partial charge in [-0.2, -0.15) is 5.26 Å². The number of fused-ring (bicyclic) bond motifs is 1. The summed E-state index contributed by atoms with van der Waals surface area (Å²) in [4.78, 5) is 20.7. The molecule has 0 radical (unpaired) electrons. The number of halogens is 1. The van der Waals surface area contributed by atoms with E-state index in [1.165, 1.54) is 0 Å². The highest BCUT2D eigenvalue weighted by Crippen LogP contribution is 2.44. The fraction of sp³-hybridized carbons (Fsp3) is 0.550. The zero-order valence-corrected chi connectivity index (χ0v) is 18.2. The van der Waals surface area contributed by atoms with Crippen LogP contribution in [0.25, 0.3) is 11.0 Å². The highest BCUT2D eigenvalue weighted by Gasteiger charge is 2.50. The summed E-state index contributed by atoms with van der Waals surface area (Å²) in [5, 5.41) is 9.74. The Bertz CT molecular complexity index is 995. The molecule has 1 aromatic carbocycles. The molecule has 0 saturated carbocycles. The highest BCUT2D eigenvalue weighted by atomic mass is 79.9. The third-order valence-electron chi connectivity index (χ3n) is 5.53. The summed E-state index contributed by atoms with van der Waals surface area (Å²) < 4.78 is 8.18. The third-order valence-corrected chi connectivity index (χ3v) is 6.31. The van der Waals surface area contributed by atoms with Gasteiger partial charge in [0, 0.05) is 38.6 Å². The van der Waals surface area contributed by atoms with Gasteiger partial charge >= 0.3 is 6.09 Å². The molecule has 0 unspecified atom stereocenters. The van der Waals surface area contributed by atoms with E-state index in [9.17, 15) is 10.1 Å². The lowest BCUT2D eigenvalue weighted by atomic mass is 9.79. The molecule has 2 saturated heterocycles. The standard InChI is InChI=1S/C20H24BrN5O2/c1-19(2,3)28-18(27)26-10-20(11-26)5-6-25(9-20)14-7-15-17(23-12-24(15)4)16(21)13(14)8-22/h7,12H,5-6,9-11H2,1-4H3. The summed E-state index contributed by atoms with van der Waals surface area (Å²) in [6.45, 7) is 8.75. The number of amides is 1. The minimum atomic E-state index is -0.478. The Morgan fingerprint density at radius 3 is 2.71 bits per heavy atom. The molecule has 0 bridgehead atoms. The van der Waals surface area contributed by atoms with Gasteiger partial charge in [0.15, 0.2) is 0 Å². The van der Waals surface area contributed by atoms with Crippen LogP contribution in [0.2, 0.25) is 0 Å². The molecule has 0 N–H and O–H groups in total. The van der Waals surface area contributed by atoms with Crippen molar-refractivity contribution in [2.24, 2.45) is 12.5 Å². The molecule has 1 spiro atoms. The number of carbonyl (C=O) groups is 1. The lowest BCUT2D eigenvalue weighted by molar-refractivity contribution is -0.0266. The molecule has 7 nitrogen and oxygen atoms in total. The van der Waals surface area contributed by atoms with Crippen molar-refractivity contribution >= 4 is 38.7 Å². The van der Waals surface area contributed by atoms with Crippen LogP contribution in [-0.2, 0) is 11.8 Å². The van der Waals surface area contributed by atoms with E-state index in [-0.39, 0.29) is 11.5 Å². The van der Waals surface area contributed by atoms with Crippen LogP contribution >= 0.6 is 15.9 Å². The van der Waals surface area contributed by atoms with Gasteiger partial charge in [0.25, 0.3) is 0 Å². The van der Waals surface area contributed by atoms with E-state index in [2.05, 4.69) is 37.9 Å². The van der Waals surface area contributed by atoms with Gasteiger partial charge in [-0.3, -0.25) is 0 Å². The Labute approximate surface area is 173 Å². The predicted molar refractivity (Wildman–Crippen MR) is 110 cm³/mol. The molecule has 1 aromatic heterocycles. The van der Waals surface area contributed by atoms with Crippen LogP contribution in [0, 0.1) is 16.7 Å².